The highest BCUT2D eigenvalue weighted by atomic mass is 32.2. The largest absolute Gasteiger partial charge is 0.616 e. The molecule has 13 heteroatoms. The minimum atomic E-state index is -1.29. The molecule has 1 aromatic heterocycles. The number of carbonyl (C=O) groups excluding carboxylic acids is 2. The number of nitrogens with zero attached hydrogens (tertiary/aromatic N) is 1. The average Bonchev–Trinajstić information content (AvgIpc) is 4.04. The van der Waals surface area contributed by atoms with Crippen LogP contribution in [0.5, 0.6) is 23.0 Å². The van der Waals surface area contributed by atoms with Crippen LogP contribution in [0.3, 0.4) is 0 Å². The van der Waals surface area contributed by atoms with Gasteiger partial charge in [-0.05, 0) is 74.2 Å². The maximum absolute atomic E-state index is 15.3. The van der Waals surface area contributed by atoms with E-state index in [9.17, 15) is 18.5 Å². The van der Waals surface area contributed by atoms with E-state index in [-0.39, 0.29) is 17.0 Å². The average molecular weight is 691 g/mol. The molecule has 1 saturated heterocycles. The predicted molar refractivity (Wildman–Crippen MR) is 182 cm³/mol. The normalized spacial score (nSPS) is 20.2. The van der Waals surface area contributed by atoms with Gasteiger partial charge < -0.3 is 34.7 Å². The molecule has 2 saturated carbocycles. The smallest absolute Gasteiger partial charge is 0.240 e. The van der Waals surface area contributed by atoms with Crippen molar-refractivity contribution in [3.05, 3.63) is 78.5 Å². The zero-order valence-electron chi connectivity index (χ0n) is 26.9. The SMILES string of the molecule is COc1cc2c(Oc3ccc(NC(=O)C4(C(=O)Nc5ccc(F)cc5)CC4)cc3F)ccnc2cc1OCC1(NC2CC[S+]([O-])CC2)CC1. The van der Waals surface area contributed by atoms with E-state index >= 15 is 4.39 Å². The first-order valence-corrected chi connectivity index (χ1v) is 17.7. The second-order valence-electron chi connectivity index (χ2n) is 12.9. The van der Waals surface area contributed by atoms with Crippen LogP contribution in [0, 0.1) is 17.0 Å². The van der Waals surface area contributed by atoms with Crippen molar-refractivity contribution in [3.63, 3.8) is 0 Å². The van der Waals surface area contributed by atoms with Crippen molar-refractivity contribution in [2.45, 2.75) is 50.1 Å². The first-order chi connectivity index (χ1) is 23.6. The summed E-state index contributed by atoms with van der Waals surface area (Å²) >= 11 is -0.710. The summed E-state index contributed by atoms with van der Waals surface area (Å²) in [6.45, 7) is 0.457. The maximum Gasteiger partial charge on any atom is 0.240 e. The summed E-state index contributed by atoms with van der Waals surface area (Å²) in [6.07, 6.45) is 6.03. The van der Waals surface area contributed by atoms with Crippen LogP contribution < -0.4 is 30.2 Å². The van der Waals surface area contributed by atoms with Crippen LogP contribution in [0.2, 0.25) is 0 Å². The molecule has 0 unspecified atom stereocenters. The molecule has 1 aliphatic heterocycles. The Bertz CT molecular complexity index is 1880. The molecule has 3 aliphatic rings. The lowest BCUT2D eigenvalue weighted by Gasteiger charge is -2.29. The van der Waals surface area contributed by atoms with Gasteiger partial charge >= 0.3 is 0 Å². The second-order valence-corrected chi connectivity index (χ2v) is 14.6. The van der Waals surface area contributed by atoms with Gasteiger partial charge in [0.05, 0.1) is 18.2 Å². The number of ether oxygens (including phenoxy) is 3. The second kappa shape index (κ2) is 13.4. The first kappa shape index (κ1) is 33.1. The van der Waals surface area contributed by atoms with Crippen molar-refractivity contribution in [1.82, 2.24) is 10.3 Å². The molecule has 2 heterocycles. The maximum atomic E-state index is 15.3. The minimum absolute atomic E-state index is 0.0757. The van der Waals surface area contributed by atoms with Gasteiger partial charge in [0.25, 0.3) is 0 Å². The molecular formula is C36H36F2N4O6S. The number of nitrogens with one attached hydrogen (secondary N) is 3. The number of hydrogen-bond donors (Lipinski definition) is 3. The molecule has 256 valence electrons. The van der Waals surface area contributed by atoms with Gasteiger partial charge in [-0.3, -0.25) is 14.6 Å². The van der Waals surface area contributed by atoms with Gasteiger partial charge in [-0.2, -0.15) is 0 Å². The predicted octanol–water partition coefficient (Wildman–Crippen LogP) is 6.08. The fraction of sp³-hybridized carbons (Fsp3) is 0.361. The number of amides is 2. The zero-order valence-corrected chi connectivity index (χ0v) is 27.7. The third-order valence-corrected chi connectivity index (χ3v) is 10.8. The highest BCUT2D eigenvalue weighted by Crippen LogP contribution is 2.48. The molecule has 0 atom stereocenters. The van der Waals surface area contributed by atoms with Crippen LogP contribution in [0.15, 0.2) is 66.9 Å². The summed E-state index contributed by atoms with van der Waals surface area (Å²) in [5.74, 6) is 0.516. The topological polar surface area (TPSA) is 134 Å². The number of pyridine rings is 1. The third-order valence-electron chi connectivity index (χ3n) is 9.37. The Morgan fingerprint density at radius 3 is 2.22 bits per heavy atom. The monoisotopic (exact) mass is 690 g/mol. The molecule has 2 aliphatic carbocycles. The Kier molecular flexibility index (Phi) is 9.07. The number of rotatable bonds is 12. The van der Waals surface area contributed by atoms with E-state index in [2.05, 4.69) is 20.9 Å². The summed E-state index contributed by atoms with van der Waals surface area (Å²) in [5, 5.41) is 9.61. The van der Waals surface area contributed by atoms with Crippen LogP contribution in [-0.2, 0) is 20.8 Å². The molecule has 3 aromatic carbocycles. The number of aromatic nitrogens is 1. The van der Waals surface area contributed by atoms with Gasteiger partial charge in [-0.25, -0.2) is 8.78 Å². The number of halogens is 2. The molecule has 0 radical (unpaired) electrons. The van der Waals surface area contributed by atoms with Crippen molar-refractivity contribution in [2.75, 3.05) is 35.9 Å². The standard InChI is InChI=1S/C36H36F2N4O6S/c1-46-31-19-26-28(20-32(31)47-21-35(11-12-35)42-24-9-16-49(45)17-10-24)39-15-8-29(26)48-30-7-6-25(18-27(30)38)41-34(44)36(13-14-36)33(43)40-23-4-2-22(37)3-5-23/h2-8,15,18-20,24,42H,9-14,16-17,21H2,1H3,(H,40,43)(H,41,44). The Labute approximate surface area is 285 Å². The molecule has 2 amide bonds. The molecule has 49 heavy (non-hydrogen) atoms. The van der Waals surface area contributed by atoms with Crippen LogP contribution in [0.1, 0.15) is 38.5 Å². The van der Waals surface area contributed by atoms with Crippen molar-refractivity contribution in [3.8, 4) is 23.0 Å². The molecule has 3 fully saturated rings. The summed E-state index contributed by atoms with van der Waals surface area (Å²) in [4.78, 5) is 30.4. The lowest BCUT2D eigenvalue weighted by Crippen LogP contribution is -2.47. The lowest BCUT2D eigenvalue weighted by atomic mass is 10.0. The van der Waals surface area contributed by atoms with E-state index in [4.69, 9.17) is 14.2 Å². The van der Waals surface area contributed by atoms with Gasteiger partial charge in [0.2, 0.25) is 11.8 Å². The number of fused-ring (bicyclic) bond motifs is 1. The third kappa shape index (κ3) is 7.29. The Balaban J connectivity index is 1.01. The zero-order chi connectivity index (χ0) is 34.2. The van der Waals surface area contributed by atoms with Gasteiger partial charge in [-0.1, -0.05) is 11.2 Å². The summed E-state index contributed by atoms with van der Waals surface area (Å²) in [6, 6.07) is 14.8. The number of anilines is 2. The Hall–Kier alpha value is -4.46. The van der Waals surface area contributed by atoms with Crippen molar-refractivity contribution in [1.29, 1.82) is 0 Å². The van der Waals surface area contributed by atoms with Crippen LogP contribution >= 0.6 is 0 Å². The van der Waals surface area contributed by atoms with Gasteiger partial charge in [0, 0.05) is 54.0 Å². The quantitative estimate of drug-likeness (QED) is 0.120. The van der Waals surface area contributed by atoms with E-state index in [1.54, 1.807) is 31.5 Å². The summed E-state index contributed by atoms with van der Waals surface area (Å²) in [7, 11) is 1.54. The van der Waals surface area contributed by atoms with Crippen LogP contribution in [0.25, 0.3) is 10.9 Å². The van der Waals surface area contributed by atoms with E-state index in [1.165, 1.54) is 36.4 Å². The van der Waals surface area contributed by atoms with E-state index in [1.807, 2.05) is 0 Å². The fourth-order valence-electron chi connectivity index (χ4n) is 6.05. The van der Waals surface area contributed by atoms with Crippen molar-refractivity contribution >= 4 is 45.3 Å². The molecule has 4 aromatic rings. The van der Waals surface area contributed by atoms with E-state index in [0.717, 1.165) is 43.3 Å². The van der Waals surface area contributed by atoms with Gasteiger partial charge in [0.1, 0.15) is 35.1 Å². The highest BCUT2D eigenvalue weighted by Gasteiger charge is 2.56. The summed E-state index contributed by atoms with van der Waals surface area (Å²) in [5.41, 5.74) is -0.288. The van der Waals surface area contributed by atoms with Crippen LogP contribution in [0.4, 0.5) is 20.2 Å². The van der Waals surface area contributed by atoms with Gasteiger partial charge in [0.15, 0.2) is 23.1 Å². The van der Waals surface area contributed by atoms with Crippen molar-refractivity contribution < 1.29 is 37.1 Å². The molecule has 7 rings (SSSR count). The number of methoxy groups -OCH3 is 1. The van der Waals surface area contributed by atoms with Crippen LogP contribution in [-0.4, -0.2) is 58.2 Å². The fourth-order valence-corrected chi connectivity index (χ4v) is 7.35. The van der Waals surface area contributed by atoms with E-state index in [0.29, 0.717) is 59.3 Å². The highest BCUT2D eigenvalue weighted by molar-refractivity contribution is 7.91. The Morgan fingerprint density at radius 1 is 0.878 bits per heavy atom. The summed E-state index contributed by atoms with van der Waals surface area (Å²) < 4.78 is 58.2. The first-order valence-electron chi connectivity index (χ1n) is 16.2. The molecular weight excluding hydrogens is 654 g/mol. The Morgan fingerprint density at radius 2 is 1.57 bits per heavy atom. The molecule has 0 bridgehead atoms. The molecule has 10 nitrogen and oxygen atoms in total. The van der Waals surface area contributed by atoms with Gasteiger partial charge in [-0.15, -0.1) is 0 Å². The number of hydrogen-bond acceptors (Lipinski definition) is 8. The lowest BCUT2D eigenvalue weighted by molar-refractivity contribution is -0.131. The minimum Gasteiger partial charge on any atom is -0.616 e. The molecule has 3 N–H and O–H groups in total. The molecule has 0 spiro atoms. The number of carbonyl (C=O) groups is 2. The van der Waals surface area contributed by atoms with E-state index < -0.39 is 40.0 Å². The van der Waals surface area contributed by atoms with Crippen molar-refractivity contribution in [2.24, 2.45) is 5.41 Å². The number of benzene rings is 3.